The van der Waals surface area contributed by atoms with E-state index in [9.17, 15) is 5.11 Å². The molecule has 7 nitrogen and oxygen atoms in total. The fourth-order valence-electron chi connectivity index (χ4n) is 2.22. The molecule has 8 heteroatoms. The molecule has 1 aromatic rings. The van der Waals surface area contributed by atoms with Gasteiger partial charge >= 0.3 is 0 Å². The lowest BCUT2D eigenvalue weighted by Crippen LogP contribution is -2.40. The molecule has 1 aromatic heterocycles. The van der Waals surface area contributed by atoms with Crippen LogP contribution >= 0.6 is 24.0 Å². The third kappa shape index (κ3) is 5.38. The normalized spacial score (nSPS) is 18.7. The molecule has 0 saturated carbocycles. The van der Waals surface area contributed by atoms with Crippen LogP contribution in [0.15, 0.2) is 9.52 Å². The van der Waals surface area contributed by atoms with Gasteiger partial charge in [0, 0.05) is 32.0 Å². The van der Waals surface area contributed by atoms with Gasteiger partial charge in [-0.1, -0.05) is 19.0 Å². The van der Waals surface area contributed by atoms with Crippen molar-refractivity contribution in [2.24, 2.45) is 4.99 Å². The molecule has 2 rings (SSSR count). The van der Waals surface area contributed by atoms with Crippen LogP contribution in [0.1, 0.15) is 44.8 Å². The molecule has 1 fully saturated rings. The van der Waals surface area contributed by atoms with Gasteiger partial charge in [0.1, 0.15) is 0 Å². The van der Waals surface area contributed by atoms with E-state index in [-0.39, 0.29) is 36.0 Å². The molecule has 1 aliphatic rings. The fraction of sp³-hybridized carbons (Fsp3) is 0.786. The first kappa shape index (κ1) is 19.1. The number of hydrogen-bond donors (Lipinski definition) is 2. The van der Waals surface area contributed by atoms with E-state index in [1.807, 2.05) is 20.8 Å². The van der Waals surface area contributed by atoms with Gasteiger partial charge in [-0.15, -0.1) is 24.0 Å². The Bertz CT molecular complexity index is 478. The summed E-state index contributed by atoms with van der Waals surface area (Å²) in [5.41, 5.74) is 0. The predicted octanol–water partition coefficient (Wildman–Crippen LogP) is 1.39. The summed E-state index contributed by atoms with van der Waals surface area (Å²) in [4.78, 5) is 11.0. The van der Waals surface area contributed by atoms with Crippen LogP contribution in [0.3, 0.4) is 0 Å². The van der Waals surface area contributed by atoms with Crippen molar-refractivity contribution in [1.82, 2.24) is 20.4 Å². The average Bonchev–Trinajstić information content (AvgIpc) is 3.07. The highest BCUT2D eigenvalue weighted by atomic mass is 127. The Morgan fingerprint density at radius 2 is 2.32 bits per heavy atom. The van der Waals surface area contributed by atoms with Crippen molar-refractivity contribution < 1.29 is 9.63 Å². The Hall–Kier alpha value is -0.900. The van der Waals surface area contributed by atoms with Gasteiger partial charge in [-0.2, -0.15) is 4.98 Å². The molecule has 1 atom stereocenters. The van der Waals surface area contributed by atoms with E-state index >= 15 is 0 Å². The molecule has 2 heterocycles. The number of rotatable bonds is 5. The number of aromatic nitrogens is 2. The van der Waals surface area contributed by atoms with Crippen LogP contribution in [0.5, 0.6) is 0 Å². The minimum Gasteiger partial charge on any atom is -0.391 e. The minimum atomic E-state index is -0.251. The smallest absolute Gasteiger partial charge is 0.228 e. The zero-order valence-electron chi connectivity index (χ0n) is 13.4. The quantitative estimate of drug-likeness (QED) is 0.423. The Balaban J connectivity index is 0.00000242. The third-order valence-electron chi connectivity index (χ3n) is 3.39. The number of aliphatic hydroxyl groups is 1. The lowest BCUT2D eigenvalue weighted by atomic mass is 10.2. The lowest BCUT2D eigenvalue weighted by Gasteiger charge is -2.20. The fourth-order valence-corrected chi connectivity index (χ4v) is 2.22. The van der Waals surface area contributed by atoms with Crippen LogP contribution in [0.25, 0.3) is 0 Å². The second-order valence-corrected chi connectivity index (χ2v) is 5.58. The van der Waals surface area contributed by atoms with E-state index in [1.165, 1.54) is 0 Å². The number of nitrogens with one attached hydrogen (secondary N) is 1. The summed E-state index contributed by atoms with van der Waals surface area (Å²) < 4.78 is 5.21. The average molecular weight is 423 g/mol. The van der Waals surface area contributed by atoms with E-state index in [0.717, 1.165) is 31.3 Å². The topological polar surface area (TPSA) is 86.8 Å². The predicted molar refractivity (Wildman–Crippen MR) is 95.7 cm³/mol. The molecule has 0 radical (unpaired) electrons. The highest BCUT2D eigenvalue weighted by molar-refractivity contribution is 14.0. The summed E-state index contributed by atoms with van der Waals surface area (Å²) in [6.45, 7) is 8.99. The maximum Gasteiger partial charge on any atom is 0.228 e. The van der Waals surface area contributed by atoms with Crippen LogP contribution in [0, 0.1) is 0 Å². The first-order chi connectivity index (χ1) is 10.1. The van der Waals surface area contributed by atoms with Crippen LogP contribution in [0.4, 0.5) is 0 Å². The molecular formula is C14H26IN5O2. The van der Waals surface area contributed by atoms with Gasteiger partial charge in [-0.05, 0) is 13.3 Å². The highest BCUT2D eigenvalue weighted by Gasteiger charge is 2.22. The van der Waals surface area contributed by atoms with Crippen molar-refractivity contribution in [3.05, 3.63) is 11.7 Å². The van der Waals surface area contributed by atoms with E-state index in [0.29, 0.717) is 25.4 Å². The molecule has 2 N–H and O–H groups in total. The number of β-amino-alcohol motifs (C(OH)–C–C–N with tert-alkyl or cyclic N) is 1. The van der Waals surface area contributed by atoms with Gasteiger partial charge in [-0.25, -0.2) is 0 Å². The van der Waals surface area contributed by atoms with Crippen LogP contribution in [0.2, 0.25) is 0 Å². The molecule has 0 spiro atoms. The molecule has 0 bridgehead atoms. The van der Waals surface area contributed by atoms with E-state index in [4.69, 9.17) is 4.52 Å². The van der Waals surface area contributed by atoms with Gasteiger partial charge in [0.15, 0.2) is 11.8 Å². The molecule has 22 heavy (non-hydrogen) atoms. The number of aliphatic imine (C=N–C) groups is 1. The van der Waals surface area contributed by atoms with E-state index in [2.05, 4.69) is 25.3 Å². The monoisotopic (exact) mass is 423 g/mol. The Labute approximate surface area is 148 Å². The number of nitrogens with zero attached hydrogens (tertiary/aromatic N) is 4. The first-order valence-electron chi connectivity index (χ1n) is 7.64. The van der Waals surface area contributed by atoms with Crippen LogP contribution in [-0.2, 0) is 6.42 Å². The number of hydrogen-bond acceptors (Lipinski definition) is 5. The molecule has 0 aromatic carbocycles. The maximum atomic E-state index is 9.62. The first-order valence-corrected chi connectivity index (χ1v) is 7.64. The van der Waals surface area contributed by atoms with Crippen molar-refractivity contribution >= 4 is 29.9 Å². The van der Waals surface area contributed by atoms with E-state index < -0.39 is 0 Å². The molecule has 1 aliphatic heterocycles. The van der Waals surface area contributed by atoms with Gasteiger partial charge in [-0.3, -0.25) is 4.99 Å². The van der Waals surface area contributed by atoms with Gasteiger partial charge < -0.3 is 19.8 Å². The van der Waals surface area contributed by atoms with Crippen molar-refractivity contribution in [1.29, 1.82) is 0 Å². The highest BCUT2D eigenvalue weighted by Crippen LogP contribution is 2.11. The summed E-state index contributed by atoms with van der Waals surface area (Å²) in [5, 5.41) is 16.8. The van der Waals surface area contributed by atoms with Crippen molar-refractivity contribution in [2.45, 2.75) is 45.6 Å². The van der Waals surface area contributed by atoms with Gasteiger partial charge in [0.2, 0.25) is 5.89 Å². The lowest BCUT2D eigenvalue weighted by molar-refractivity contribution is 0.188. The Kier molecular flexibility index (Phi) is 8.08. The number of halogens is 1. The number of guanidine groups is 1. The van der Waals surface area contributed by atoms with Crippen molar-refractivity contribution in [3.8, 4) is 0 Å². The third-order valence-corrected chi connectivity index (χ3v) is 3.39. The zero-order valence-corrected chi connectivity index (χ0v) is 15.8. The zero-order chi connectivity index (χ0) is 15.2. The summed E-state index contributed by atoms with van der Waals surface area (Å²) >= 11 is 0. The summed E-state index contributed by atoms with van der Waals surface area (Å²) in [7, 11) is 0. The second kappa shape index (κ2) is 9.29. The Morgan fingerprint density at radius 3 is 2.86 bits per heavy atom. The van der Waals surface area contributed by atoms with Crippen LogP contribution < -0.4 is 5.32 Å². The number of aliphatic hydroxyl groups excluding tert-OH is 1. The molecular weight excluding hydrogens is 397 g/mol. The standard InChI is InChI=1S/C14H25N5O2.HI/c1-4-15-14(19-8-6-11(20)9-19)16-7-5-12-17-13(10(2)3)18-21-12;/h10-11,20H,4-9H2,1-3H3,(H,15,16);1H/t11-;/m1./s1. The summed E-state index contributed by atoms with van der Waals surface area (Å²) in [5.74, 6) is 2.48. The number of likely N-dealkylation sites (tertiary alicyclic amines) is 1. The SMILES string of the molecule is CCNC(=NCCc1nc(C(C)C)no1)N1CC[C@@H](O)C1.I. The largest absolute Gasteiger partial charge is 0.391 e. The van der Waals surface area contributed by atoms with Gasteiger partial charge in [0.05, 0.1) is 12.6 Å². The molecule has 0 aliphatic carbocycles. The summed E-state index contributed by atoms with van der Waals surface area (Å²) in [6.07, 6.45) is 1.18. The minimum absolute atomic E-state index is 0. The summed E-state index contributed by atoms with van der Waals surface area (Å²) in [6, 6.07) is 0. The Morgan fingerprint density at radius 1 is 1.55 bits per heavy atom. The van der Waals surface area contributed by atoms with Crippen molar-refractivity contribution in [3.63, 3.8) is 0 Å². The molecule has 1 saturated heterocycles. The molecule has 0 amide bonds. The maximum absolute atomic E-state index is 9.62. The van der Waals surface area contributed by atoms with E-state index in [1.54, 1.807) is 0 Å². The van der Waals surface area contributed by atoms with Crippen LogP contribution in [-0.4, -0.2) is 58.4 Å². The molecule has 0 unspecified atom stereocenters. The van der Waals surface area contributed by atoms with Gasteiger partial charge in [0.25, 0.3) is 0 Å². The molecule has 126 valence electrons. The second-order valence-electron chi connectivity index (χ2n) is 5.58. The van der Waals surface area contributed by atoms with Crippen molar-refractivity contribution in [2.75, 3.05) is 26.2 Å².